The first-order chi connectivity index (χ1) is 13.8. The molecule has 0 heterocycles. The molecule has 0 spiro atoms. The van der Waals surface area contributed by atoms with Gasteiger partial charge < -0.3 is 10.6 Å². The first-order valence-corrected chi connectivity index (χ1v) is 10.0. The number of carbonyl (C=O) groups excluding carboxylic acids is 2. The number of allylic oxidation sites excluding steroid dienone is 1. The van der Waals surface area contributed by atoms with Crippen LogP contribution in [0.5, 0.6) is 0 Å². The third kappa shape index (κ3) is 6.31. The Hall–Kier alpha value is -2.37. The summed E-state index contributed by atoms with van der Waals surface area (Å²) in [4.78, 5) is 24.0. The number of hydrogen-bond donors (Lipinski definition) is 2. The molecule has 1 aliphatic rings. The summed E-state index contributed by atoms with van der Waals surface area (Å²) in [5, 5.41) is 6.19. The molecule has 0 radical (unpaired) electrons. The number of amides is 2. The summed E-state index contributed by atoms with van der Waals surface area (Å²) in [6.07, 6.45) is 3.67. The van der Waals surface area contributed by atoms with Crippen molar-refractivity contribution in [2.24, 2.45) is 0 Å². The largest absolute Gasteiger partial charge is 0.352 e. The Labute approximate surface area is 179 Å². The summed E-state index contributed by atoms with van der Waals surface area (Å²) in [5.74, 6) is -0.505. The lowest BCUT2D eigenvalue weighted by Crippen LogP contribution is -2.38. The molecule has 0 aliphatic heterocycles. The number of nitrogens with one attached hydrogen (secondary N) is 2. The van der Waals surface area contributed by atoms with Gasteiger partial charge in [0.05, 0.1) is 6.54 Å². The van der Waals surface area contributed by atoms with E-state index in [2.05, 4.69) is 10.6 Å². The standard InChI is InChI=1S/C22H21Cl2FN2O2/c1-13-8-14(3-7-20(25)15-9-16(23)11-17(24)10-15)2-6-19(13)22(29)26-12-21(28)27-18-4-5-18/h2-3,6-11,18,20H,4-5,12H2,1H3,(H,26,29)(H,27,28)/b7-3-. The quantitative estimate of drug-likeness (QED) is 0.641. The lowest BCUT2D eigenvalue weighted by atomic mass is 10.0. The zero-order chi connectivity index (χ0) is 21.0. The molecule has 1 aliphatic carbocycles. The molecule has 2 amide bonds. The highest BCUT2D eigenvalue weighted by Crippen LogP contribution is 2.27. The second kappa shape index (κ2) is 9.42. The molecule has 2 aromatic carbocycles. The zero-order valence-corrected chi connectivity index (χ0v) is 17.4. The summed E-state index contributed by atoms with van der Waals surface area (Å²) >= 11 is 11.8. The molecule has 3 rings (SSSR count). The van der Waals surface area contributed by atoms with E-state index in [1.165, 1.54) is 18.2 Å². The van der Waals surface area contributed by atoms with Gasteiger partial charge in [0, 0.05) is 21.7 Å². The number of carbonyl (C=O) groups is 2. The highest BCUT2D eigenvalue weighted by molar-refractivity contribution is 6.34. The van der Waals surface area contributed by atoms with Gasteiger partial charge >= 0.3 is 0 Å². The smallest absolute Gasteiger partial charge is 0.251 e. The molecule has 1 fully saturated rings. The van der Waals surface area contributed by atoms with Crippen molar-refractivity contribution in [2.75, 3.05) is 6.54 Å². The summed E-state index contributed by atoms with van der Waals surface area (Å²) in [7, 11) is 0. The van der Waals surface area contributed by atoms with Crippen LogP contribution in [-0.2, 0) is 4.79 Å². The summed E-state index contributed by atoms with van der Waals surface area (Å²) in [6.45, 7) is 1.74. The predicted molar refractivity (Wildman–Crippen MR) is 114 cm³/mol. The molecule has 0 bridgehead atoms. The molecule has 1 saturated carbocycles. The van der Waals surface area contributed by atoms with E-state index in [4.69, 9.17) is 23.2 Å². The van der Waals surface area contributed by atoms with Crippen LogP contribution in [0, 0.1) is 6.92 Å². The van der Waals surface area contributed by atoms with E-state index in [1.54, 1.807) is 37.3 Å². The molecule has 29 heavy (non-hydrogen) atoms. The van der Waals surface area contributed by atoms with Crippen LogP contribution in [0.25, 0.3) is 6.08 Å². The maximum absolute atomic E-state index is 14.5. The fourth-order valence-electron chi connectivity index (χ4n) is 2.85. The molecular weight excluding hydrogens is 414 g/mol. The molecule has 7 heteroatoms. The highest BCUT2D eigenvalue weighted by Gasteiger charge is 2.23. The van der Waals surface area contributed by atoms with E-state index in [0.717, 1.165) is 24.0 Å². The number of benzene rings is 2. The molecule has 0 saturated heterocycles. The third-order valence-corrected chi connectivity index (χ3v) is 4.94. The van der Waals surface area contributed by atoms with Crippen molar-refractivity contribution in [1.29, 1.82) is 0 Å². The molecule has 0 aromatic heterocycles. The van der Waals surface area contributed by atoms with Crippen LogP contribution in [0.3, 0.4) is 0 Å². The van der Waals surface area contributed by atoms with Crippen molar-refractivity contribution < 1.29 is 14.0 Å². The van der Waals surface area contributed by atoms with Gasteiger partial charge in [-0.3, -0.25) is 9.59 Å². The minimum atomic E-state index is -1.36. The van der Waals surface area contributed by atoms with Gasteiger partial charge in [0.25, 0.3) is 5.91 Å². The van der Waals surface area contributed by atoms with E-state index in [-0.39, 0.29) is 24.4 Å². The fraction of sp³-hybridized carbons (Fsp3) is 0.273. The second-order valence-corrected chi connectivity index (χ2v) is 7.94. The van der Waals surface area contributed by atoms with Gasteiger partial charge in [-0.05, 0) is 66.8 Å². The Morgan fingerprint density at radius 1 is 1.17 bits per heavy atom. The highest BCUT2D eigenvalue weighted by atomic mass is 35.5. The number of hydrogen-bond acceptors (Lipinski definition) is 2. The SMILES string of the molecule is Cc1cc(/C=C\C(F)c2cc(Cl)cc(Cl)c2)ccc1C(=O)NCC(=O)NC1CC1. The van der Waals surface area contributed by atoms with Gasteiger partial charge in [-0.25, -0.2) is 4.39 Å². The molecule has 2 N–H and O–H groups in total. The van der Waals surface area contributed by atoms with Crippen molar-refractivity contribution >= 4 is 41.1 Å². The monoisotopic (exact) mass is 434 g/mol. The van der Waals surface area contributed by atoms with Crippen LogP contribution in [-0.4, -0.2) is 24.4 Å². The van der Waals surface area contributed by atoms with Crippen LogP contribution in [0.15, 0.2) is 42.5 Å². The minimum Gasteiger partial charge on any atom is -0.352 e. The van der Waals surface area contributed by atoms with E-state index in [1.807, 2.05) is 0 Å². The third-order valence-electron chi connectivity index (χ3n) is 4.51. The number of aryl methyl sites for hydroxylation is 1. The predicted octanol–water partition coefficient (Wildman–Crippen LogP) is 5.03. The summed E-state index contributed by atoms with van der Waals surface area (Å²) < 4.78 is 14.5. The van der Waals surface area contributed by atoms with E-state index < -0.39 is 6.17 Å². The number of rotatable bonds is 7. The molecule has 1 atom stereocenters. The van der Waals surface area contributed by atoms with Crippen molar-refractivity contribution in [3.05, 3.63) is 74.8 Å². The Balaban J connectivity index is 1.61. The Morgan fingerprint density at radius 3 is 2.48 bits per heavy atom. The van der Waals surface area contributed by atoms with E-state index in [9.17, 15) is 14.0 Å². The van der Waals surface area contributed by atoms with Gasteiger partial charge in [-0.1, -0.05) is 41.4 Å². The maximum Gasteiger partial charge on any atom is 0.251 e. The maximum atomic E-state index is 14.5. The zero-order valence-electron chi connectivity index (χ0n) is 15.8. The lowest BCUT2D eigenvalue weighted by Gasteiger charge is -2.09. The molecule has 2 aromatic rings. The Bertz CT molecular complexity index is 938. The molecule has 1 unspecified atom stereocenters. The average Bonchev–Trinajstić information content (AvgIpc) is 3.47. The molecular formula is C22H21Cl2FN2O2. The van der Waals surface area contributed by atoms with Crippen molar-refractivity contribution in [3.8, 4) is 0 Å². The van der Waals surface area contributed by atoms with Gasteiger partial charge in [0.1, 0.15) is 6.17 Å². The van der Waals surface area contributed by atoms with Gasteiger partial charge in [0.15, 0.2) is 0 Å². The van der Waals surface area contributed by atoms with Gasteiger partial charge in [-0.2, -0.15) is 0 Å². The first kappa shape index (κ1) is 21.3. The van der Waals surface area contributed by atoms with Crippen molar-refractivity contribution in [2.45, 2.75) is 32.0 Å². The van der Waals surface area contributed by atoms with Crippen molar-refractivity contribution in [3.63, 3.8) is 0 Å². The van der Waals surface area contributed by atoms with E-state index in [0.29, 0.717) is 21.2 Å². The minimum absolute atomic E-state index is 0.0534. The molecule has 152 valence electrons. The van der Waals surface area contributed by atoms with Gasteiger partial charge in [0.2, 0.25) is 5.91 Å². The first-order valence-electron chi connectivity index (χ1n) is 9.28. The second-order valence-electron chi connectivity index (χ2n) is 7.06. The van der Waals surface area contributed by atoms with Crippen LogP contribution < -0.4 is 10.6 Å². The Morgan fingerprint density at radius 2 is 1.86 bits per heavy atom. The van der Waals surface area contributed by atoms with E-state index >= 15 is 0 Å². The molecule has 4 nitrogen and oxygen atoms in total. The van der Waals surface area contributed by atoms with Crippen LogP contribution in [0.1, 0.15) is 46.1 Å². The van der Waals surface area contributed by atoms with Crippen LogP contribution in [0.4, 0.5) is 4.39 Å². The van der Waals surface area contributed by atoms with Crippen LogP contribution >= 0.6 is 23.2 Å². The number of halogens is 3. The average molecular weight is 435 g/mol. The van der Waals surface area contributed by atoms with Crippen molar-refractivity contribution in [1.82, 2.24) is 10.6 Å². The number of alkyl halides is 1. The summed E-state index contributed by atoms with van der Waals surface area (Å²) in [6, 6.07) is 10.0. The topological polar surface area (TPSA) is 58.2 Å². The Kier molecular flexibility index (Phi) is 6.93. The fourth-order valence-corrected chi connectivity index (χ4v) is 3.39. The van der Waals surface area contributed by atoms with Gasteiger partial charge in [-0.15, -0.1) is 0 Å². The van der Waals surface area contributed by atoms with Crippen LogP contribution in [0.2, 0.25) is 10.0 Å². The normalized spacial score (nSPS) is 14.6. The summed E-state index contributed by atoms with van der Waals surface area (Å²) in [5.41, 5.74) is 2.32. The lowest BCUT2D eigenvalue weighted by molar-refractivity contribution is -0.120.